The summed E-state index contributed by atoms with van der Waals surface area (Å²) in [5.41, 5.74) is 3.37. The summed E-state index contributed by atoms with van der Waals surface area (Å²) in [7, 11) is 1.67. The van der Waals surface area contributed by atoms with Crippen LogP contribution in [-0.2, 0) is 6.42 Å². The molecule has 0 bridgehead atoms. The Morgan fingerprint density at radius 2 is 1.85 bits per heavy atom. The van der Waals surface area contributed by atoms with Gasteiger partial charge in [-0.3, -0.25) is 0 Å². The van der Waals surface area contributed by atoms with E-state index in [-0.39, 0.29) is 0 Å². The van der Waals surface area contributed by atoms with Gasteiger partial charge in [0.25, 0.3) is 0 Å². The van der Waals surface area contributed by atoms with E-state index in [1.807, 2.05) is 25.1 Å². The lowest BCUT2D eigenvalue weighted by molar-refractivity contribution is 0.414. The number of methoxy groups -OCH3 is 1. The Hall–Kier alpha value is -2.16. The predicted octanol–water partition coefficient (Wildman–Crippen LogP) is 3.75. The van der Waals surface area contributed by atoms with E-state index in [1.165, 1.54) is 5.56 Å². The summed E-state index contributed by atoms with van der Waals surface area (Å²) in [6.45, 7) is 4.14. The highest BCUT2D eigenvalue weighted by atomic mass is 16.5. The largest absolute Gasteiger partial charge is 0.508 e. The second-order valence-corrected chi connectivity index (χ2v) is 5.10. The van der Waals surface area contributed by atoms with E-state index in [4.69, 9.17) is 4.74 Å². The number of ether oxygens (including phenoxy) is 1. The first kappa shape index (κ1) is 14.3. The molecule has 0 heterocycles. The van der Waals surface area contributed by atoms with Gasteiger partial charge in [0, 0.05) is 11.7 Å². The number of rotatable bonds is 5. The monoisotopic (exact) mass is 271 g/mol. The van der Waals surface area contributed by atoms with Crippen molar-refractivity contribution < 1.29 is 9.84 Å². The topological polar surface area (TPSA) is 41.5 Å². The molecule has 3 nitrogen and oxygen atoms in total. The standard InChI is InChI=1S/C17H21NO2/c1-12-10-15(19)6-9-17(12)18-13(2)11-14-4-7-16(20-3)8-5-14/h4-10,13,18-19H,11H2,1-3H3. The maximum absolute atomic E-state index is 9.42. The molecule has 0 fully saturated rings. The van der Waals surface area contributed by atoms with Crippen molar-refractivity contribution in [2.75, 3.05) is 12.4 Å². The fraction of sp³-hybridized carbons (Fsp3) is 0.294. The van der Waals surface area contributed by atoms with Crippen LogP contribution in [0.25, 0.3) is 0 Å². The van der Waals surface area contributed by atoms with Gasteiger partial charge in [-0.2, -0.15) is 0 Å². The number of nitrogens with one attached hydrogen (secondary N) is 1. The Bertz CT molecular complexity index is 564. The molecule has 2 aromatic rings. The SMILES string of the molecule is COc1ccc(CC(C)Nc2ccc(O)cc2C)cc1. The van der Waals surface area contributed by atoms with Crippen molar-refractivity contribution in [1.82, 2.24) is 0 Å². The zero-order valence-electron chi connectivity index (χ0n) is 12.2. The van der Waals surface area contributed by atoms with Gasteiger partial charge >= 0.3 is 0 Å². The van der Waals surface area contributed by atoms with E-state index in [0.717, 1.165) is 23.4 Å². The van der Waals surface area contributed by atoms with Crippen LogP contribution in [0.4, 0.5) is 5.69 Å². The van der Waals surface area contributed by atoms with Gasteiger partial charge in [0.05, 0.1) is 7.11 Å². The summed E-state index contributed by atoms with van der Waals surface area (Å²) in [6.07, 6.45) is 0.935. The molecule has 0 amide bonds. The van der Waals surface area contributed by atoms with Gasteiger partial charge in [-0.1, -0.05) is 12.1 Å². The second kappa shape index (κ2) is 6.33. The number of aryl methyl sites for hydroxylation is 1. The molecular formula is C17H21NO2. The molecule has 0 saturated carbocycles. The first-order chi connectivity index (χ1) is 9.58. The molecule has 20 heavy (non-hydrogen) atoms. The average Bonchev–Trinajstić information content (AvgIpc) is 2.43. The molecule has 106 valence electrons. The average molecular weight is 271 g/mol. The second-order valence-electron chi connectivity index (χ2n) is 5.10. The van der Waals surface area contributed by atoms with Crippen LogP contribution in [0, 0.1) is 6.92 Å². The number of benzene rings is 2. The molecule has 0 aliphatic rings. The minimum atomic E-state index is 0.302. The molecule has 0 spiro atoms. The van der Waals surface area contributed by atoms with Gasteiger partial charge in [0.1, 0.15) is 11.5 Å². The number of phenols is 1. The van der Waals surface area contributed by atoms with E-state index in [9.17, 15) is 5.11 Å². The molecule has 1 atom stereocenters. The van der Waals surface area contributed by atoms with Crippen LogP contribution in [0.3, 0.4) is 0 Å². The van der Waals surface area contributed by atoms with Gasteiger partial charge in [0.2, 0.25) is 0 Å². The van der Waals surface area contributed by atoms with Crippen molar-refractivity contribution in [3.63, 3.8) is 0 Å². The van der Waals surface area contributed by atoms with Crippen LogP contribution in [0.1, 0.15) is 18.1 Å². The predicted molar refractivity (Wildman–Crippen MR) is 82.6 cm³/mol. The molecular weight excluding hydrogens is 250 g/mol. The van der Waals surface area contributed by atoms with Gasteiger partial charge in [-0.15, -0.1) is 0 Å². The van der Waals surface area contributed by atoms with Crippen LogP contribution in [0.5, 0.6) is 11.5 Å². The molecule has 0 aromatic heterocycles. The third-order valence-electron chi connectivity index (χ3n) is 3.31. The molecule has 0 aliphatic carbocycles. The quantitative estimate of drug-likeness (QED) is 0.814. The third-order valence-corrected chi connectivity index (χ3v) is 3.31. The van der Waals surface area contributed by atoms with Crippen molar-refractivity contribution in [2.45, 2.75) is 26.3 Å². The Labute approximate surface area is 120 Å². The van der Waals surface area contributed by atoms with Crippen LogP contribution >= 0.6 is 0 Å². The maximum Gasteiger partial charge on any atom is 0.118 e. The number of anilines is 1. The summed E-state index contributed by atoms with van der Waals surface area (Å²) in [6, 6.07) is 13.8. The first-order valence-electron chi connectivity index (χ1n) is 6.77. The minimum absolute atomic E-state index is 0.302. The molecule has 3 heteroatoms. The van der Waals surface area contributed by atoms with Crippen molar-refractivity contribution in [1.29, 1.82) is 0 Å². The summed E-state index contributed by atoms with van der Waals surface area (Å²) in [5.74, 6) is 1.18. The molecule has 0 aliphatic heterocycles. The third kappa shape index (κ3) is 3.67. The van der Waals surface area contributed by atoms with E-state index in [0.29, 0.717) is 11.8 Å². The zero-order chi connectivity index (χ0) is 14.5. The fourth-order valence-corrected chi connectivity index (χ4v) is 2.24. The zero-order valence-corrected chi connectivity index (χ0v) is 12.2. The van der Waals surface area contributed by atoms with Crippen LogP contribution in [-0.4, -0.2) is 18.3 Å². The number of aromatic hydroxyl groups is 1. The van der Waals surface area contributed by atoms with Gasteiger partial charge < -0.3 is 15.2 Å². The molecule has 0 saturated heterocycles. The molecule has 2 N–H and O–H groups in total. The summed E-state index contributed by atoms with van der Waals surface area (Å²) < 4.78 is 5.16. The highest BCUT2D eigenvalue weighted by molar-refractivity contribution is 5.54. The Balaban J connectivity index is 1.99. The summed E-state index contributed by atoms with van der Waals surface area (Å²) in [5, 5.41) is 12.9. The van der Waals surface area contributed by atoms with Crippen molar-refractivity contribution >= 4 is 5.69 Å². The Morgan fingerprint density at radius 3 is 2.45 bits per heavy atom. The highest BCUT2D eigenvalue weighted by Crippen LogP contribution is 2.21. The molecule has 2 rings (SSSR count). The van der Waals surface area contributed by atoms with Crippen molar-refractivity contribution in [2.24, 2.45) is 0 Å². The Kier molecular flexibility index (Phi) is 4.51. The normalized spacial score (nSPS) is 11.9. The lowest BCUT2D eigenvalue weighted by Gasteiger charge is -2.17. The number of hydrogen-bond acceptors (Lipinski definition) is 3. The lowest BCUT2D eigenvalue weighted by Crippen LogP contribution is -2.18. The van der Waals surface area contributed by atoms with E-state index in [2.05, 4.69) is 24.4 Å². The van der Waals surface area contributed by atoms with Crippen molar-refractivity contribution in [3.05, 3.63) is 53.6 Å². The van der Waals surface area contributed by atoms with Crippen LogP contribution in [0.15, 0.2) is 42.5 Å². The van der Waals surface area contributed by atoms with Gasteiger partial charge in [-0.05, 0) is 61.7 Å². The van der Waals surface area contributed by atoms with Crippen molar-refractivity contribution in [3.8, 4) is 11.5 Å². The summed E-state index contributed by atoms with van der Waals surface area (Å²) >= 11 is 0. The minimum Gasteiger partial charge on any atom is -0.508 e. The van der Waals surface area contributed by atoms with Crippen LogP contribution < -0.4 is 10.1 Å². The van der Waals surface area contributed by atoms with E-state index < -0.39 is 0 Å². The fourth-order valence-electron chi connectivity index (χ4n) is 2.24. The summed E-state index contributed by atoms with van der Waals surface area (Å²) in [4.78, 5) is 0. The first-order valence-corrected chi connectivity index (χ1v) is 6.77. The molecule has 2 aromatic carbocycles. The highest BCUT2D eigenvalue weighted by Gasteiger charge is 2.06. The number of hydrogen-bond donors (Lipinski definition) is 2. The number of phenolic OH excluding ortho intramolecular Hbond substituents is 1. The van der Waals surface area contributed by atoms with Gasteiger partial charge in [-0.25, -0.2) is 0 Å². The maximum atomic E-state index is 9.42. The van der Waals surface area contributed by atoms with E-state index >= 15 is 0 Å². The van der Waals surface area contributed by atoms with Crippen LogP contribution in [0.2, 0.25) is 0 Å². The van der Waals surface area contributed by atoms with E-state index in [1.54, 1.807) is 19.2 Å². The smallest absolute Gasteiger partial charge is 0.118 e. The van der Waals surface area contributed by atoms with Gasteiger partial charge in [0.15, 0.2) is 0 Å². The molecule has 0 radical (unpaired) electrons. The molecule has 1 unspecified atom stereocenters. The Morgan fingerprint density at radius 1 is 1.15 bits per heavy atom. The lowest BCUT2D eigenvalue weighted by atomic mass is 10.1.